The van der Waals surface area contributed by atoms with Crippen molar-refractivity contribution in [1.29, 1.82) is 0 Å². The third-order valence-electron chi connectivity index (χ3n) is 3.99. The van der Waals surface area contributed by atoms with Crippen molar-refractivity contribution in [2.24, 2.45) is 0 Å². The lowest BCUT2D eigenvalue weighted by Gasteiger charge is -2.27. The van der Waals surface area contributed by atoms with Crippen molar-refractivity contribution >= 4 is 35.0 Å². The number of ether oxygens (including phenoxy) is 1. The first-order valence-electron chi connectivity index (χ1n) is 8.40. The van der Waals surface area contributed by atoms with Crippen LogP contribution in [0.1, 0.15) is 24.8 Å². The molecule has 0 unspecified atom stereocenters. The molecule has 0 radical (unpaired) electrons. The largest absolute Gasteiger partial charge is 0.378 e. The minimum atomic E-state index is 0.00414. The fourth-order valence-corrected chi connectivity index (χ4v) is 4.23. The molecule has 1 atom stereocenters. The molecule has 3 heterocycles. The highest BCUT2D eigenvalue weighted by Crippen LogP contribution is 2.23. The molecule has 2 aromatic rings. The Balaban J connectivity index is 1.57. The van der Waals surface area contributed by atoms with Gasteiger partial charge in [0, 0.05) is 24.5 Å². The number of amides is 1. The molecule has 1 aliphatic rings. The summed E-state index contributed by atoms with van der Waals surface area (Å²) < 4.78 is 7.45. The number of rotatable bonds is 7. The second-order valence-electron chi connectivity index (χ2n) is 5.72. The summed E-state index contributed by atoms with van der Waals surface area (Å²) in [6, 6.07) is 4.06. The maximum Gasteiger partial charge on any atom is 0.230 e. The lowest BCUT2D eigenvalue weighted by atomic mass is 10.3. The molecule has 136 valence electrons. The minimum Gasteiger partial charge on any atom is -0.378 e. The molecule has 1 amide bonds. The van der Waals surface area contributed by atoms with Gasteiger partial charge in [0.25, 0.3) is 0 Å². The van der Waals surface area contributed by atoms with E-state index < -0.39 is 0 Å². The van der Waals surface area contributed by atoms with Crippen LogP contribution < -0.4 is 10.2 Å². The molecule has 0 aromatic carbocycles. The van der Waals surface area contributed by atoms with Gasteiger partial charge in [-0.3, -0.25) is 9.36 Å². The average molecular weight is 382 g/mol. The molecule has 0 saturated carbocycles. The van der Waals surface area contributed by atoms with Crippen molar-refractivity contribution < 1.29 is 9.53 Å². The SMILES string of the molecule is CCn1c(SCC(=O)N[C@H](C)c2cccs2)nnc1N1CCOCC1. The van der Waals surface area contributed by atoms with Crippen LogP contribution >= 0.6 is 23.1 Å². The van der Waals surface area contributed by atoms with E-state index in [4.69, 9.17) is 4.74 Å². The van der Waals surface area contributed by atoms with Crippen LogP contribution in [-0.2, 0) is 16.1 Å². The zero-order valence-electron chi connectivity index (χ0n) is 14.5. The maximum atomic E-state index is 12.2. The Bertz CT molecular complexity index is 683. The Labute approximate surface area is 155 Å². The molecule has 1 fully saturated rings. The van der Waals surface area contributed by atoms with Crippen molar-refractivity contribution in [2.75, 3.05) is 37.0 Å². The van der Waals surface area contributed by atoms with Gasteiger partial charge in [0.15, 0.2) is 5.16 Å². The highest BCUT2D eigenvalue weighted by Gasteiger charge is 2.20. The van der Waals surface area contributed by atoms with Gasteiger partial charge in [-0.1, -0.05) is 17.8 Å². The first-order chi connectivity index (χ1) is 12.2. The number of carbonyl (C=O) groups excluding carboxylic acids is 1. The molecular formula is C16H23N5O2S2. The number of nitrogens with zero attached hydrogens (tertiary/aromatic N) is 4. The standard InChI is InChI=1S/C16H23N5O2S2/c1-3-21-15(20-6-8-23-9-7-20)18-19-16(21)25-11-14(22)17-12(2)13-5-4-10-24-13/h4-5,10,12H,3,6-9,11H2,1-2H3,(H,17,22)/t12-/m1/s1. The Morgan fingerprint density at radius 3 is 2.92 bits per heavy atom. The Morgan fingerprint density at radius 1 is 1.44 bits per heavy atom. The zero-order valence-corrected chi connectivity index (χ0v) is 16.1. The number of morpholine rings is 1. The first kappa shape index (κ1) is 18.2. The van der Waals surface area contributed by atoms with E-state index in [1.807, 2.05) is 24.4 Å². The van der Waals surface area contributed by atoms with E-state index in [1.54, 1.807) is 11.3 Å². The number of hydrogen-bond acceptors (Lipinski definition) is 7. The molecule has 3 rings (SSSR count). The molecule has 1 aliphatic heterocycles. The van der Waals surface area contributed by atoms with Crippen LogP contribution in [0.4, 0.5) is 5.95 Å². The van der Waals surface area contributed by atoms with Gasteiger partial charge in [0.05, 0.1) is 25.0 Å². The second-order valence-corrected chi connectivity index (χ2v) is 7.64. The number of thioether (sulfide) groups is 1. The number of nitrogens with one attached hydrogen (secondary N) is 1. The van der Waals surface area contributed by atoms with Crippen LogP contribution in [0.5, 0.6) is 0 Å². The minimum absolute atomic E-state index is 0.00414. The highest BCUT2D eigenvalue weighted by molar-refractivity contribution is 7.99. The fourth-order valence-electron chi connectivity index (χ4n) is 2.68. The van der Waals surface area contributed by atoms with Crippen LogP contribution in [0.25, 0.3) is 0 Å². The smallest absolute Gasteiger partial charge is 0.230 e. The van der Waals surface area contributed by atoms with Gasteiger partial charge in [-0.05, 0) is 25.3 Å². The third kappa shape index (κ3) is 4.53. The molecular weight excluding hydrogens is 358 g/mol. The number of thiophene rings is 1. The first-order valence-corrected chi connectivity index (χ1v) is 10.3. The van der Waals surface area contributed by atoms with E-state index in [9.17, 15) is 4.79 Å². The second kappa shape index (κ2) is 8.68. The van der Waals surface area contributed by atoms with Gasteiger partial charge < -0.3 is 15.0 Å². The normalized spacial score (nSPS) is 16.0. The van der Waals surface area contributed by atoms with Crippen LogP contribution in [0.2, 0.25) is 0 Å². The third-order valence-corrected chi connectivity index (χ3v) is 6.01. The Kier molecular flexibility index (Phi) is 6.33. The van der Waals surface area contributed by atoms with Gasteiger partial charge >= 0.3 is 0 Å². The van der Waals surface area contributed by atoms with Crippen molar-refractivity contribution in [2.45, 2.75) is 31.6 Å². The lowest BCUT2D eigenvalue weighted by Crippen LogP contribution is -2.38. The van der Waals surface area contributed by atoms with Crippen LogP contribution in [0.3, 0.4) is 0 Å². The fraction of sp³-hybridized carbons (Fsp3) is 0.562. The Morgan fingerprint density at radius 2 is 2.24 bits per heavy atom. The van der Waals surface area contributed by atoms with Crippen LogP contribution in [0.15, 0.2) is 22.7 Å². The van der Waals surface area contributed by atoms with Gasteiger partial charge in [-0.25, -0.2) is 0 Å². The highest BCUT2D eigenvalue weighted by atomic mass is 32.2. The summed E-state index contributed by atoms with van der Waals surface area (Å²) in [5, 5.41) is 14.4. The quantitative estimate of drug-likeness (QED) is 0.741. The van der Waals surface area contributed by atoms with Crippen molar-refractivity contribution in [3.8, 4) is 0 Å². The summed E-state index contributed by atoms with van der Waals surface area (Å²) in [5.41, 5.74) is 0. The molecule has 2 aromatic heterocycles. The van der Waals surface area contributed by atoms with E-state index >= 15 is 0 Å². The van der Waals surface area contributed by atoms with E-state index in [1.165, 1.54) is 11.8 Å². The topological polar surface area (TPSA) is 72.3 Å². The van der Waals surface area contributed by atoms with Gasteiger partial charge in [0.2, 0.25) is 11.9 Å². The summed E-state index contributed by atoms with van der Waals surface area (Å²) >= 11 is 3.08. The summed E-state index contributed by atoms with van der Waals surface area (Å²) in [6.07, 6.45) is 0. The summed E-state index contributed by atoms with van der Waals surface area (Å²) in [6.45, 7) is 7.90. The number of carbonyl (C=O) groups is 1. The molecule has 9 heteroatoms. The summed E-state index contributed by atoms with van der Waals surface area (Å²) in [4.78, 5) is 15.6. The van der Waals surface area contributed by atoms with Crippen molar-refractivity contribution in [1.82, 2.24) is 20.1 Å². The summed E-state index contributed by atoms with van der Waals surface area (Å²) in [5.74, 6) is 1.20. The Hall–Kier alpha value is -1.58. The number of hydrogen-bond donors (Lipinski definition) is 1. The predicted octanol–water partition coefficient (Wildman–Crippen LogP) is 2.17. The van der Waals surface area contributed by atoms with Crippen molar-refractivity contribution in [3.05, 3.63) is 22.4 Å². The van der Waals surface area contributed by atoms with E-state index in [0.29, 0.717) is 19.0 Å². The van der Waals surface area contributed by atoms with Crippen LogP contribution in [-0.4, -0.2) is 52.7 Å². The number of aromatic nitrogens is 3. The molecule has 0 spiro atoms. The van der Waals surface area contributed by atoms with Gasteiger partial charge in [-0.2, -0.15) is 0 Å². The van der Waals surface area contributed by atoms with E-state index in [2.05, 4.69) is 31.9 Å². The molecule has 1 saturated heterocycles. The zero-order chi connectivity index (χ0) is 17.6. The molecule has 1 N–H and O–H groups in total. The molecule has 0 aliphatic carbocycles. The average Bonchev–Trinajstić information content (AvgIpc) is 3.30. The lowest BCUT2D eigenvalue weighted by molar-refractivity contribution is -0.119. The molecule has 25 heavy (non-hydrogen) atoms. The molecule has 0 bridgehead atoms. The summed E-state index contributed by atoms with van der Waals surface area (Å²) in [7, 11) is 0. The van der Waals surface area contributed by atoms with Crippen LogP contribution in [0, 0.1) is 0 Å². The monoisotopic (exact) mass is 381 g/mol. The molecule has 7 nitrogen and oxygen atoms in total. The van der Waals surface area contributed by atoms with E-state index in [-0.39, 0.29) is 11.9 Å². The predicted molar refractivity (Wildman–Crippen MR) is 100 cm³/mol. The maximum absolute atomic E-state index is 12.2. The number of anilines is 1. The van der Waals surface area contributed by atoms with Gasteiger partial charge in [-0.15, -0.1) is 21.5 Å². The van der Waals surface area contributed by atoms with Gasteiger partial charge in [0.1, 0.15) is 0 Å². The van der Waals surface area contributed by atoms with E-state index in [0.717, 1.165) is 35.6 Å². The van der Waals surface area contributed by atoms with Crippen molar-refractivity contribution in [3.63, 3.8) is 0 Å².